The van der Waals surface area contributed by atoms with Crippen LogP contribution in [-0.2, 0) is 35.1 Å². The van der Waals surface area contributed by atoms with Crippen molar-refractivity contribution in [2.45, 2.75) is 32.7 Å². The minimum absolute atomic E-state index is 0.0195. The van der Waals surface area contributed by atoms with Crippen molar-refractivity contribution in [3.8, 4) is 5.75 Å². The summed E-state index contributed by atoms with van der Waals surface area (Å²) in [7, 11) is 1.46. The summed E-state index contributed by atoms with van der Waals surface area (Å²) >= 11 is 0. The number of carboxylic acids is 1. The Labute approximate surface area is 260 Å². The zero-order valence-corrected chi connectivity index (χ0v) is 25.2. The van der Waals surface area contributed by atoms with E-state index in [0.717, 1.165) is 5.56 Å². The Balaban J connectivity index is 1.61. The first-order valence-corrected chi connectivity index (χ1v) is 14.0. The summed E-state index contributed by atoms with van der Waals surface area (Å²) in [6, 6.07) is 17.7. The molecule has 0 radical (unpaired) electrons. The van der Waals surface area contributed by atoms with E-state index in [1.165, 1.54) is 7.11 Å². The van der Waals surface area contributed by atoms with E-state index < -0.39 is 43.1 Å². The molecular weight excluding hydrogens is 584 g/mol. The fourth-order valence-electron chi connectivity index (χ4n) is 4.23. The fraction of sp³-hybridized carbons (Fsp3) is 0.281. The minimum atomic E-state index is -1.21. The molecule has 0 aliphatic rings. The quantitative estimate of drug-likeness (QED) is 0.157. The van der Waals surface area contributed by atoms with Gasteiger partial charge in [0.1, 0.15) is 19.0 Å². The maximum absolute atomic E-state index is 12.8. The first-order chi connectivity index (χ1) is 21.6. The molecule has 0 spiro atoms. The topological polar surface area (TPSA) is 181 Å². The van der Waals surface area contributed by atoms with Crippen LogP contribution in [0.4, 0.5) is 21.9 Å². The van der Waals surface area contributed by atoms with Crippen molar-refractivity contribution < 1.29 is 43.3 Å². The number of carboxylic acid groups (broad SMARTS) is 1. The van der Waals surface area contributed by atoms with E-state index >= 15 is 0 Å². The third kappa shape index (κ3) is 11.3. The standard InChI is InChI=1S/C32H36N4O9/c1-4-45-31(41)17-26(34-29(38)18-44-19-30(39)40)22-10-12-23(13-11-22)33-28(37)16-21-9-14-25(27(15-21)43-3)36-32(42)35-24-8-6-5-7-20(24)2/h5-15,26H,4,16-19H2,1-3H3,(H,33,37)(H,34,38)(H,39,40)(H2,35,36,42). The molecule has 0 bridgehead atoms. The third-order valence-electron chi connectivity index (χ3n) is 6.34. The van der Waals surface area contributed by atoms with E-state index in [-0.39, 0.29) is 25.4 Å². The second-order valence-corrected chi connectivity index (χ2v) is 9.79. The number of carbonyl (C=O) groups excluding carboxylic acids is 4. The molecule has 0 saturated heterocycles. The number of anilines is 3. The molecule has 45 heavy (non-hydrogen) atoms. The summed E-state index contributed by atoms with van der Waals surface area (Å²) in [5, 5.41) is 19.7. The second-order valence-electron chi connectivity index (χ2n) is 9.79. The number of aliphatic carboxylic acids is 1. The van der Waals surface area contributed by atoms with Crippen LogP contribution in [0.2, 0.25) is 0 Å². The first-order valence-electron chi connectivity index (χ1n) is 14.0. The van der Waals surface area contributed by atoms with Crippen LogP contribution in [0, 0.1) is 6.92 Å². The van der Waals surface area contributed by atoms with Gasteiger partial charge in [0.25, 0.3) is 0 Å². The third-order valence-corrected chi connectivity index (χ3v) is 6.34. The van der Waals surface area contributed by atoms with Crippen LogP contribution in [-0.4, -0.2) is 61.8 Å². The van der Waals surface area contributed by atoms with E-state index in [0.29, 0.717) is 33.9 Å². The highest BCUT2D eigenvalue weighted by Gasteiger charge is 2.20. The van der Waals surface area contributed by atoms with Crippen molar-refractivity contribution >= 4 is 46.8 Å². The van der Waals surface area contributed by atoms with Gasteiger partial charge in [0, 0.05) is 11.4 Å². The lowest BCUT2D eigenvalue weighted by Gasteiger charge is -2.19. The summed E-state index contributed by atoms with van der Waals surface area (Å²) < 4.78 is 15.2. The average Bonchev–Trinajstić information content (AvgIpc) is 2.99. The number of aryl methyl sites for hydroxylation is 1. The van der Waals surface area contributed by atoms with Gasteiger partial charge < -0.3 is 40.6 Å². The van der Waals surface area contributed by atoms with Crippen molar-refractivity contribution in [3.05, 3.63) is 83.4 Å². The molecule has 0 aromatic heterocycles. The molecule has 238 valence electrons. The molecule has 3 aromatic rings. The van der Waals surface area contributed by atoms with Crippen LogP contribution in [0.15, 0.2) is 66.7 Å². The molecule has 3 rings (SSSR count). The minimum Gasteiger partial charge on any atom is -0.495 e. The zero-order valence-electron chi connectivity index (χ0n) is 25.2. The van der Waals surface area contributed by atoms with Crippen LogP contribution in [0.3, 0.4) is 0 Å². The molecule has 0 aliphatic carbocycles. The average molecular weight is 621 g/mol. The number of hydrogen-bond acceptors (Lipinski definition) is 8. The molecule has 5 N–H and O–H groups in total. The van der Waals surface area contributed by atoms with Crippen LogP contribution in [0.1, 0.15) is 36.1 Å². The fourth-order valence-corrected chi connectivity index (χ4v) is 4.23. The Morgan fingerprint density at radius 1 is 0.844 bits per heavy atom. The van der Waals surface area contributed by atoms with Crippen molar-refractivity contribution in [1.82, 2.24) is 5.32 Å². The summed E-state index contributed by atoms with van der Waals surface area (Å²) in [6.07, 6.45) is -0.143. The number of amides is 4. The van der Waals surface area contributed by atoms with Crippen molar-refractivity contribution in [2.24, 2.45) is 0 Å². The predicted molar refractivity (Wildman–Crippen MR) is 166 cm³/mol. The van der Waals surface area contributed by atoms with E-state index in [4.69, 9.17) is 19.3 Å². The van der Waals surface area contributed by atoms with Gasteiger partial charge in [-0.1, -0.05) is 36.4 Å². The Hall–Kier alpha value is -5.43. The summed E-state index contributed by atoms with van der Waals surface area (Å²) in [4.78, 5) is 60.3. The number of para-hydroxylation sites is 1. The van der Waals surface area contributed by atoms with Crippen molar-refractivity contribution in [1.29, 1.82) is 0 Å². The lowest BCUT2D eigenvalue weighted by molar-refractivity contribution is -0.144. The number of hydrogen-bond donors (Lipinski definition) is 5. The van der Waals surface area contributed by atoms with Gasteiger partial charge in [-0.3, -0.25) is 14.4 Å². The molecule has 1 unspecified atom stereocenters. The Morgan fingerprint density at radius 2 is 1.56 bits per heavy atom. The van der Waals surface area contributed by atoms with Gasteiger partial charge >= 0.3 is 18.0 Å². The Kier molecular flexibility index (Phi) is 12.9. The van der Waals surface area contributed by atoms with Gasteiger partial charge in [-0.15, -0.1) is 0 Å². The van der Waals surface area contributed by atoms with Gasteiger partial charge in [-0.05, 0) is 60.9 Å². The zero-order chi connectivity index (χ0) is 32.8. The SMILES string of the molecule is CCOC(=O)CC(NC(=O)COCC(=O)O)c1ccc(NC(=O)Cc2ccc(NC(=O)Nc3ccccc3C)c(OC)c2)cc1. The highest BCUT2D eigenvalue weighted by molar-refractivity contribution is 6.01. The molecule has 0 aliphatic heterocycles. The molecule has 0 saturated carbocycles. The molecule has 3 aromatic carbocycles. The van der Waals surface area contributed by atoms with E-state index in [1.54, 1.807) is 55.5 Å². The van der Waals surface area contributed by atoms with Crippen molar-refractivity contribution in [3.63, 3.8) is 0 Å². The molecule has 4 amide bonds. The first kappa shape index (κ1) is 34.1. The molecule has 0 heterocycles. The summed E-state index contributed by atoms with van der Waals surface area (Å²) in [5.74, 6) is -2.28. The number of methoxy groups -OCH3 is 1. The second kappa shape index (κ2) is 17.0. The number of benzene rings is 3. The largest absolute Gasteiger partial charge is 0.495 e. The van der Waals surface area contributed by atoms with E-state index in [2.05, 4.69) is 21.3 Å². The van der Waals surface area contributed by atoms with Gasteiger partial charge in [0.2, 0.25) is 11.8 Å². The maximum atomic E-state index is 12.8. The predicted octanol–water partition coefficient (Wildman–Crippen LogP) is 4.04. The number of carbonyl (C=O) groups is 5. The molecule has 0 fully saturated rings. The number of esters is 1. The van der Waals surface area contributed by atoms with Crippen LogP contribution >= 0.6 is 0 Å². The van der Waals surface area contributed by atoms with E-state index in [1.807, 2.05) is 25.1 Å². The number of rotatable bonds is 15. The summed E-state index contributed by atoms with van der Waals surface area (Å²) in [5.41, 5.74) is 3.71. The maximum Gasteiger partial charge on any atom is 0.329 e. The summed E-state index contributed by atoms with van der Waals surface area (Å²) in [6.45, 7) is 2.58. The van der Waals surface area contributed by atoms with Gasteiger partial charge in [0.05, 0.1) is 38.3 Å². The van der Waals surface area contributed by atoms with Crippen molar-refractivity contribution in [2.75, 3.05) is 42.9 Å². The monoisotopic (exact) mass is 620 g/mol. The molecule has 1 atom stereocenters. The molecule has 13 heteroatoms. The Morgan fingerprint density at radius 3 is 2.22 bits per heavy atom. The number of nitrogens with one attached hydrogen (secondary N) is 4. The smallest absolute Gasteiger partial charge is 0.329 e. The molecule has 13 nitrogen and oxygen atoms in total. The van der Waals surface area contributed by atoms with Crippen LogP contribution in [0.5, 0.6) is 5.75 Å². The normalized spacial score (nSPS) is 11.1. The highest BCUT2D eigenvalue weighted by atomic mass is 16.5. The van der Waals surface area contributed by atoms with Gasteiger partial charge in [-0.25, -0.2) is 9.59 Å². The Bertz CT molecular complexity index is 1510. The number of urea groups is 1. The lowest BCUT2D eigenvalue weighted by Crippen LogP contribution is -2.33. The lowest BCUT2D eigenvalue weighted by atomic mass is 10.0. The van der Waals surface area contributed by atoms with Gasteiger partial charge in [0.15, 0.2) is 0 Å². The van der Waals surface area contributed by atoms with Gasteiger partial charge in [-0.2, -0.15) is 0 Å². The van der Waals surface area contributed by atoms with E-state index in [9.17, 15) is 24.0 Å². The molecular formula is C32H36N4O9. The van der Waals surface area contributed by atoms with Crippen LogP contribution in [0.25, 0.3) is 0 Å². The van der Waals surface area contributed by atoms with Crippen LogP contribution < -0.4 is 26.0 Å². The highest BCUT2D eigenvalue weighted by Crippen LogP contribution is 2.27. The number of ether oxygens (including phenoxy) is 3.